The highest BCUT2D eigenvalue weighted by atomic mass is 32.1. The second-order valence-electron chi connectivity index (χ2n) is 4.61. The predicted molar refractivity (Wildman–Crippen MR) is 74.7 cm³/mol. The van der Waals surface area contributed by atoms with Crippen LogP contribution in [0.25, 0.3) is 0 Å². The lowest BCUT2D eigenvalue weighted by Crippen LogP contribution is -2.30. The standard InChI is InChI=1S/C13H14N2O4S/c1-8(2)12(10-4-3-7-20-10)14-13(16)9-5-6-11(19-9)15(17)18/h3-8,12H,1-2H3,(H,14,16)/t12-/m0/s1. The van der Waals surface area contributed by atoms with E-state index in [4.69, 9.17) is 4.42 Å². The Balaban J connectivity index is 2.14. The fourth-order valence-electron chi connectivity index (χ4n) is 1.79. The smallest absolute Gasteiger partial charge is 0.395 e. The number of furan rings is 1. The highest BCUT2D eigenvalue weighted by Crippen LogP contribution is 2.26. The molecule has 1 amide bonds. The maximum absolute atomic E-state index is 12.1. The normalized spacial score (nSPS) is 12.3. The van der Waals surface area contributed by atoms with E-state index in [1.807, 2.05) is 31.4 Å². The minimum atomic E-state index is -0.671. The maximum atomic E-state index is 12.1. The zero-order valence-electron chi connectivity index (χ0n) is 11.0. The van der Waals surface area contributed by atoms with Crippen molar-refractivity contribution in [3.63, 3.8) is 0 Å². The molecule has 2 heterocycles. The Kier molecular flexibility index (Phi) is 4.19. The largest absolute Gasteiger partial charge is 0.433 e. The van der Waals surface area contributed by atoms with E-state index in [-0.39, 0.29) is 17.7 Å². The zero-order valence-corrected chi connectivity index (χ0v) is 11.8. The second kappa shape index (κ2) is 5.87. The van der Waals surface area contributed by atoms with Crippen molar-refractivity contribution in [2.45, 2.75) is 19.9 Å². The minimum absolute atomic E-state index is 0.0566. The molecule has 2 aromatic rings. The third kappa shape index (κ3) is 3.05. The van der Waals surface area contributed by atoms with E-state index in [2.05, 4.69) is 5.32 Å². The van der Waals surface area contributed by atoms with E-state index in [1.54, 1.807) is 11.3 Å². The summed E-state index contributed by atoms with van der Waals surface area (Å²) in [4.78, 5) is 23.0. The van der Waals surface area contributed by atoms with Crippen LogP contribution in [0.2, 0.25) is 0 Å². The van der Waals surface area contributed by atoms with Crippen molar-refractivity contribution < 1.29 is 14.1 Å². The molecule has 7 heteroatoms. The van der Waals surface area contributed by atoms with Gasteiger partial charge in [0.05, 0.1) is 12.1 Å². The first-order valence-corrected chi connectivity index (χ1v) is 6.95. The van der Waals surface area contributed by atoms with E-state index in [0.29, 0.717) is 0 Å². The molecule has 0 aromatic carbocycles. The van der Waals surface area contributed by atoms with E-state index in [9.17, 15) is 14.9 Å². The third-order valence-corrected chi connectivity index (χ3v) is 3.75. The Bertz CT molecular complexity index is 604. The number of carbonyl (C=O) groups is 1. The summed E-state index contributed by atoms with van der Waals surface area (Å²) in [5, 5.41) is 15.3. The van der Waals surface area contributed by atoms with Gasteiger partial charge in [-0.05, 0) is 23.4 Å². The number of rotatable bonds is 5. The predicted octanol–water partition coefficient (Wildman–Crippen LogP) is 3.38. The van der Waals surface area contributed by atoms with Gasteiger partial charge >= 0.3 is 5.88 Å². The lowest BCUT2D eigenvalue weighted by molar-refractivity contribution is -0.402. The summed E-state index contributed by atoms with van der Waals surface area (Å²) in [6.45, 7) is 3.99. The summed E-state index contributed by atoms with van der Waals surface area (Å²) in [6, 6.07) is 6.19. The molecular formula is C13H14N2O4S. The fraction of sp³-hybridized carbons (Fsp3) is 0.308. The van der Waals surface area contributed by atoms with Crippen LogP contribution in [0, 0.1) is 16.0 Å². The Hall–Kier alpha value is -2.15. The van der Waals surface area contributed by atoms with Gasteiger partial charge in [0.15, 0.2) is 5.76 Å². The van der Waals surface area contributed by atoms with Crippen LogP contribution in [-0.2, 0) is 0 Å². The van der Waals surface area contributed by atoms with Gasteiger partial charge in [0.1, 0.15) is 4.92 Å². The van der Waals surface area contributed by atoms with Crippen molar-refractivity contribution in [1.82, 2.24) is 5.32 Å². The highest BCUT2D eigenvalue weighted by Gasteiger charge is 2.23. The topological polar surface area (TPSA) is 85.4 Å². The first-order chi connectivity index (χ1) is 9.49. The Morgan fingerprint density at radius 2 is 2.15 bits per heavy atom. The van der Waals surface area contributed by atoms with Crippen LogP contribution >= 0.6 is 11.3 Å². The molecular weight excluding hydrogens is 280 g/mol. The quantitative estimate of drug-likeness (QED) is 0.676. The molecule has 2 rings (SSSR count). The molecule has 6 nitrogen and oxygen atoms in total. The number of hydrogen-bond donors (Lipinski definition) is 1. The molecule has 106 valence electrons. The van der Waals surface area contributed by atoms with Crippen LogP contribution < -0.4 is 5.32 Å². The molecule has 0 bridgehead atoms. The Morgan fingerprint density at radius 3 is 2.65 bits per heavy atom. The molecule has 0 aliphatic carbocycles. The monoisotopic (exact) mass is 294 g/mol. The van der Waals surface area contributed by atoms with E-state index in [0.717, 1.165) is 4.88 Å². The van der Waals surface area contributed by atoms with Crippen LogP contribution in [0.1, 0.15) is 35.3 Å². The molecule has 0 aliphatic rings. The summed E-state index contributed by atoms with van der Waals surface area (Å²) < 4.78 is 4.90. The number of carbonyl (C=O) groups excluding carboxylic acids is 1. The SMILES string of the molecule is CC(C)[C@H](NC(=O)c1ccc([N+](=O)[O-])o1)c1cccs1. The molecule has 0 aliphatic heterocycles. The molecule has 0 fully saturated rings. The molecule has 0 saturated heterocycles. The molecule has 0 spiro atoms. The van der Waals surface area contributed by atoms with Crippen LogP contribution in [0.4, 0.5) is 5.88 Å². The van der Waals surface area contributed by atoms with Gasteiger partial charge in [0, 0.05) is 4.88 Å². The summed E-state index contributed by atoms with van der Waals surface area (Å²) in [5.41, 5.74) is 0. The van der Waals surface area contributed by atoms with Gasteiger partial charge in [0.2, 0.25) is 0 Å². The summed E-state index contributed by atoms with van der Waals surface area (Å²) in [5.74, 6) is -0.751. The summed E-state index contributed by atoms with van der Waals surface area (Å²) in [6.07, 6.45) is 0. The number of nitro groups is 1. The van der Waals surface area contributed by atoms with Crippen LogP contribution in [-0.4, -0.2) is 10.8 Å². The van der Waals surface area contributed by atoms with Gasteiger partial charge in [-0.25, -0.2) is 0 Å². The second-order valence-corrected chi connectivity index (χ2v) is 5.58. The van der Waals surface area contributed by atoms with Crippen molar-refractivity contribution >= 4 is 23.1 Å². The number of nitrogens with one attached hydrogen (secondary N) is 1. The minimum Gasteiger partial charge on any atom is -0.395 e. The third-order valence-electron chi connectivity index (χ3n) is 2.80. The first kappa shape index (κ1) is 14.3. The molecule has 0 radical (unpaired) electrons. The van der Waals surface area contributed by atoms with Crippen molar-refractivity contribution in [2.24, 2.45) is 5.92 Å². The number of nitrogens with zero attached hydrogens (tertiary/aromatic N) is 1. The summed E-state index contributed by atoms with van der Waals surface area (Å²) >= 11 is 1.55. The van der Waals surface area contributed by atoms with Crippen molar-refractivity contribution in [3.05, 3.63) is 50.4 Å². The van der Waals surface area contributed by atoms with Gasteiger partial charge in [-0.3, -0.25) is 14.9 Å². The van der Waals surface area contributed by atoms with Gasteiger partial charge in [0.25, 0.3) is 5.91 Å². The molecule has 20 heavy (non-hydrogen) atoms. The number of amides is 1. The lowest BCUT2D eigenvalue weighted by atomic mass is 10.0. The van der Waals surface area contributed by atoms with Crippen molar-refractivity contribution in [3.8, 4) is 0 Å². The average molecular weight is 294 g/mol. The van der Waals surface area contributed by atoms with Crippen LogP contribution in [0.15, 0.2) is 34.1 Å². The lowest BCUT2D eigenvalue weighted by Gasteiger charge is -2.20. The molecule has 2 aromatic heterocycles. The Morgan fingerprint density at radius 1 is 1.40 bits per heavy atom. The van der Waals surface area contributed by atoms with Crippen molar-refractivity contribution in [2.75, 3.05) is 0 Å². The fourth-order valence-corrected chi connectivity index (χ4v) is 2.74. The van der Waals surface area contributed by atoms with Crippen LogP contribution in [0.5, 0.6) is 0 Å². The van der Waals surface area contributed by atoms with Gasteiger partial charge in [-0.2, -0.15) is 0 Å². The van der Waals surface area contributed by atoms with Gasteiger partial charge in [-0.15, -0.1) is 11.3 Å². The summed E-state index contributed by atoms with van der Waals surface area (Å²) in [7, 11) is 0. The van der Waals surface area contributed by atoms with Crippen molar-refractivity contribution in [1.29, 1.82) is 0 Å². The zero-order chi connectivity index (χ0) is 14.7. The van der Waals surface area contributed by atoms with E-state index >= 15 is 0 Å². The van der Waals surface area contributed by atoms with Crippen LogP contribution in [0.3, 0.4) is 0 Å². The highest BCUT2D eigenvalue weighted by molar-refractivity contribution is 7.10. The number of hydrogen-bond acceptors (Lipinski definition) is 5. The van der Waals surface area contributed by atoms with Gasteiger partial charge in [-0.1, -0.05) is 19.9 Å². The van der Waals surface area contributed by atoms with E-state index in [1.165, 1.54) is 12.1 Å². The molecule has 1 atom stereocenters. The van der Waals surface area contributed by atoms with E-state index < -0.39 is 16.7 Å². The van der Waals surface area contributed by atoms with Gasteiger partial charge < -0.3 is 9.73 Å². The maximum Gasteiger partial charge on any atom is 0.433 e. The molecule has 0 saturated carbocycles. The molecule has 1 N–H and O–H groups in total. The first-order valence-electron chi connectivity index (χ1n) is 6.07. The Labute approximate surface area is 119 Å². The molecule has 0 unspecified atom stereocenters. The number of thiophene rings is 1. The average Bonchev–Trinajstić information content (AvgIpc) is 3.05.